The van der Waals surface area contributed by atoms with Gasteiger partial charge in [0.25, 0.3) is 0 Å². The van der Waals surface area contributed by atoms with Crippen LogP contribution >= 0.6 is 0 Å². The molecule has 0 radical (unpaired) electrons. The molecular formula is C15H28O. The van der Waals surface area contributed by atoms with Crippen LogP contribution in [0, 0.1) is 17.3 Å². The Bertz CT molecular complexity index is 240. The molecule has 0 saturated heterocycles. The van der Waals surface area contributed by atoms with Crippen LogP contribution in [0.25, 0.3) is 0 Å². The van der Waals surface area contributed by atoms with Crippen LogP contribution in [0.2, 0.25) is 0 Å². The van der Waals surface area contributed by atoms with Crippen molar-refractivity contribution in [3.63, 3.8) is 0 Å². The molecule has 0 aromatic rings. The summed E-state index contributed by atoms with van der Waals surface area (Å²) >= 11 is 0. The fraction of sp³-hybridized carbons (Fsp3) is 1.00. The van der Waals surface area contributed by atoms with E-state index in [9.17, 15) is 5.11 Å². The van der Waals surface area contributed by atoms with E-state index < -0.39 is 0 Å². The summed E-state index contributed by atoms with van der Waals surface area (Å²) in [6.45, 7) is 6.95. The first-order chi connectivity index (χ1) is 7.41. The highest BCUT2D eigenvalue weighted by Crippen LogP contribution is 2.47. The summed E-state index contributed by atoms with van der Waals surface area (Å²) in [4.78, 5) is 0. The van der Waals surface area contributed by atoms with Crippen LogP contribution in [0.5, 0.6) is 0 Å². The molecule has 0 aromatic heterocycles. The van der Waals surface area contributed by atoms with E-state index in [4.69, 9.17) is 0 Å². The Morgan fingerprint density at radius 3 is 2.31 bits per heavy atom. The lowest BCUT2D eigenvalue weighted by atomic mass is 9.63. The van der Waals surface area contributed by atoms with Crippen molar-refractivity contribution in [3.05, 3.63) is 0 Å². The van der Waals surface area contributed by atoms with Gasteiger partial charge in [-0.2, -0.15) is 0 Å². The second kappa shape index (κ2) is 4.33. The Labute approximate surface area is 101 Å². The number of hydrogen-bond donors (Lipinski definition) is 1. The Morgan fingerprint density at radius 1 is 1.12 bits per heavy atom. The predicted octanol–water partition coefficient (Wildman–Crippen LogP) is 4.14. The van der Waals surface area contributed by atoms with Crippen LogP contribution in [0.3, 0.4) is 0 Å². The summed E-state index contributed by atoms with van der Waals surface area (Å²) in [5.41, 5.74) is 0.103. The number of aliphatic hydroxyl groups is 1. The Hall–Kier alpha value is -0.0400. The summed E-state index contributed by atoms with van der Waals surface area (Å²) in [6.07, 6.45) is 9.98. The van der Waals surface area contributed by atoms with Gasteiger partial charge >= 0.3 is 0 Å². The first kappa shape index (κ1) is 12.4. The van der Waals surface area contributed by atoms with E-state index in [1.807, 2.05) is 0 Å². The van der Waals surface area contributed by atoms with Gasteiger partial charge in [-0.1, -0.05) is 46.5 Å². The largest absolute Gasteiger partial charge is 0.390 e. The van der Waals surface area contributed by atoms with E-state index in [1.54, 1.807) is 0 Å². The molecule has 0 amide bonds. The zero-order valence-corrected chi connectivity index (χ0v) is 11.3. The number of rotatable bonds is 2. The maximum absolute atomic E-state index is 10.8. The van der Waals surface area contributed by atoms with Gasteiger partial charge in [-0.25, -0.2) is 0 Å². The Morgan fingerprint density at radius 2 is 1.75 bits per heavy atom. The molecule has 1 N–H and O–H groups in total. The molecule has 94 valence electrons. The summed E-state index contributed by atoms with van der Waals surface area (Å²) in [6, 6.07) is 0. The standard InChI is InChI=1S/C15H28O/c1-12-10-14(2,3)8-9-15(12,16)11-13-6-4-5-7-13/h12-13,16H,4-11H2,1-3H3. The highest BCUT2D eigenvalue weighted by molar-refractivity contribution is 4.95. The highest BCUT2D eigenvalue weighted by atomic mass is 16.3. The third-order valence-corrected chi connectivity index (χ3v) is 5.13. The fourth-order valence-corrected chi connectivity index (χ4v) is 3.94. The minimum absolute atomic E-state index is 0.343. The van der Waals surface area contributed by atoms with Gasteiger partial charge in [-0.15, -0.1) is 0 Å². The molecule has 0 heterocycles. The Balaban J connectivity index is 1.96. The average Bonchev–Trinajstić information content (AvgIpc) is 2.65. The molecule has 16 heavy (non-hydrogen) atoms. The van der Waals surface area contributed by atoms with Gasteiger partial charge in [0.05, 0.1) is 5.60 Å². The van der Waals surface area contributed by atoms with Crippen molar-refractivity contribution in [3.8, 4) is 0 Å². The van der Waals surface area contributed by atoms with E-state index >= 15 is 0 Å². The molecule has 2 rings (SSSR count). The van der Waals surface area contributed by atoms with E-state index in [2.05, 4.69) is 20.8 Å². The van der Waals surface area contributed by atoms with Crippen LogP contribution in [-0.4, -0.2) is 10.7 Å². The molecule has 0 aromatic carbocycles. The minimum Gasteiger partial charge on any atom is -0.390 e. The van der Waals surface area contributed by atoms with Gasteiger partial charge in [-0.05, 0) is 42.9 Å². The van der Waals surface area contributed by atoms with Gasteiger partial charge in [0.1, 0.15) is 0 Å². The van der Waals surface area contributed by atoms with Crippen LogP contribution in [0.1, 0.15) is 72.1 Å². The lowest BCUT2D eigenvalue weighted by Gasteiger charge is -2.46. The second-order valence-electron chi connectivity index (χ2n) is 7.23. The summed E-state index contributed by atoms with van der Waals surface area (Å²) in [7, 11) is 0. The SMILES string of the molecule is CC1CC(C)(C)CCC1(O)CC1CCCC1. The molecule has 1 heteroatoms. The van der Waals surface area contributed by atoms with Crippen molar-refractivity contribution in [2.45, 2.75) is 77.7 Å². The van der Waals surface area contributed by atoms with Crippen LogP contribution in [0.4, 0.5) is 0 Å². The van der Waals surface area contributed by atoms with Gasteiger partial charge < -0.3 is 5.11 Å². The minimum atomic E-state index is -0.343. The topological polar surface area (TPSA) is 20.2 Å². The smallest absolute Gasteiger partial charge is 0.0676 e. The van der Waals surface area contributed by atoms with E-state index in [-0.39, 0.29) is 5.60 Å². The second-order valence-corrected chi connectivity index (χ2v) is 7.23. The average molecular weight is 224 g/mol. The van der Waals surface area contributed by atoms with Gasteiger partial charge in [0, 0.05) is 0 Å². The lowest BCUT2D eigenvalue weighted by Crippen LogP contribution is -2.45. The zero-order valence-electron chi connectivity index (χ0n) is 11.3. The maximum atomic E-state index is 10.8. The van der Waals surface area contributed by atoms with Crippen LogP contribution in [-0.2, 0) is 0 Å². The molecule has 2 saturated carbocycles. The molecule has 0 aliphatic heterocycles. The van der Waals surface area contributed by atoms with Crippen molar-refractivity contribution in [2.24, 2.45) is 17.3 Å². The molecule has 0 bridgehead atoms. The zero-order chi connectivity index (χ0) is 11.8. The third kappa shape index (κ3) is 2.61. The fourth-order valence-electron chi connectivity index (χ4n) is 3.94. The lowest BCUT2D eigenvalue weighted by molar-refractivity contribution is -0.0858. The van der Waals surface area contributed by atoms with Crippen molar-refractivity contribution in [1.29, 1.82) is 0 Å². The monoisotopic (exact) mass is 224 g/mol. The molecule has 2 aliphatic carbocycles. The van der Waals surface area contributed by atoms with Crippen LogP contribution < -0.4 is 0 Å². The van der Waals surface area contributed by atoms with E-state index in [0.717, 1.165) is 18.8 Å². The van der Waals surface area contributed by atoms with E-state index in [0.29, 0.717) is 11.3 Å². The molecular weight excluding hydrogens is 196 g/mol. The van der Waals surface area contributed by atoms with Crippen LogP contribution in [0.15, 0.2) is 0 Å². The van der Waals surface area contributed by atoms with Gasteiger partial charge in [-0.3, -0.25) is 0 Å². The van der Waals surface area contributed by atoms with Crippen molar-refractivity contribution in [2.75, 3.05) is 0 Å². The molecule has 2 fully saturated rings. The van der Waals surface area contributed by atoms with Crippen molar-refractivity contribution in [1.82, 2.24) is 0 Å². The highest BCUT2D eigenvalue weighted by Gasteiger charge is 2.43. The Kier molecular flexibility index (Phi) is 3.36. The first-order valence-electron chi connectivity index (χ1n) is 7.14. The quantitative estimate of drug-likeness (QED) is 0.747. The first-order valence-corrected chi connectivity index (χ1v) is 7.14. The summed E-state index contributed by atoms with van der Waals surface area (Å²) < 4.78 is 0. The normalized spacial score (nSPS) is 40.1. The molecule has 2 unspecified atom stereocenters. The third-order valence-electron chi connectivity index (χ3n) is 5.13. The van der Waals surface area contributed by atoms with Gasteiger partial charge in [0.15, 0.2) is 0 Å². The van der Waals surface area contributed by atoms with Crippen molar-refractivity contribution < 1.29 is 5.11 Å². The maximum Gasteiger partial charge on any atom is 0.0676 e. The summed E-state index contributed by atoms with van der Waals surface area (Å²) in [5, 5.41) is 10.8. The summed E-state index contributed by atoms with van der Waals surface area (Å²) in [5.74, 6) is 1.30. The molecule has 0 spiro atoms. The molecule has 2 atom stereocenters. The van der Waals surface area contributed by atoms with E-state index in [1.165, 1.54) is 38.5 Å². The van der Waals surface area contributed by atoms with Gasteiger partial charge in [0.2, 0.25) is 0 Å². The molecule has 1 nitrogen and oxygen atoms in total. The predicted molar refractivity (Wildman–Crippen MR) is 68.3 cm³/mol. The van der Waals surface area contributed by atoms with Crippen molar-refractivity contribution >= 4 is 0 Å². The number of hydrogen-bond acceptors (Lipinski definition) is 1. The molecule has 2 aliphatic rings.